The van der Waals surface area contributed by atoms with Crippen molar-refractivity contribution in [1.29, 1.82) is 0 Å². The van der Waals surface area contributed by atoms with Gasteiger partial charge in [0.05, 0.1) is 12.0 Å². The number of hydrogen-bond acceptors (Lipinski definition) is 1. The number of fused-ring (bicyclic) bond motifs is 1. The summed E-state index contributed by atoms with van der Waals surface area (Å²) in [7, 11) is 0. The Labute approximate surface area is 122 Å². The lowest BCUT2D eigenvalue weighted by molar-refractivity contribution is 0.351. The van der Waals surface area contributed by atoms with E-state index >= 15 is 0 Å². The van der Waals surface area contributed by atoms with Crippen LogP contribution in [0.4, 0.5) is 0 Å². The Morgan fingerprint density at radius 2 is 2.11 bits per heavy atom. The summed E-state index contributed by atoms with van der Waals surface area (Å²) >= 11 is 10.2. The van der Waals surface area contributed by atoms with E-state index in [1.807, 2.05) is 0 Å². The minimum absolute atomic E-state index is 0.0949. The van der Waals surface area contributed by atoms with Crippen molar-refractivity contribution in [3.63, 3.8) is 0 Å². The Bertz CT molecular complexity index is 440. The zero-order valence-corrected chi connectivity index (χ0v) is 12.8. The molecule has 1 heterocycles. The summed E-state index contributed by atoms with van der Waals surface area (Å²) in [6, 6.07) is 4.29. The fourth-order valence-corrected chi connectivity index (χ4v) is 4.13. The van der Waals surface area contributed by atoms with Crippen molar-refractivity contribution in [1.82, 2.24) is 0 Å². The number of benzene rings is 1. The van der Waals surface area contributed by atoms with E-state index in [0.717, 1.165) is 35.6 Å². The summed E-state index contributed by atoms with van der Waals surface area (Å²) in [5.74, 6) is 1.86. The summed E-state index contributed by atoms with van der Waals surface area (Å²) in [6.07, 6.45) is 7.55. The van der Waals surface area contributed by atoms with Crippen molar-refractivity contribution in [2.75, 3.05) is 6.61 Å². The first kappa shape index (κ1) is 12.8. The monoisotopic (exact) mass is 328 g/mol. The minimum atomic E-state index is 0.0949. The molecule has 2 aliphatic rings. The molecular weight excluding hydrogens is 312 g/mol. The average molecular weight is 330 g/mol. The summed E-state index contributed by atoms with van der Waals surface area (Å²) < 4.78 is 6.89. The van der Waals surface area contributed by atoms with Crippen LogP contribution in [0.1, 0.15) is 48.6 Å². The summed E-state index contributed by atoms with van der Waals surface area (Å²) in [6.45, 7) is 0.797. The van der Waals surface area contributed by atoms with Gasteiger partial charge in [-0.05, 0) is 30.0 Å². The molecule has 1 aromatic rings. The maximum absolute atomic E-state index is 6.64. The molecule has 1 atom stereocenters. The molecule has 0 N–H and O–H groups in total. The molecule has 1 aliphatic carbocycles. The largest absolute Gasteiger partial charge is 0.493 e. The quantitative estimate of drug-likeness (QED) is 0.689. The van der Waals surface area contributed by atoms with Gasteiger partial charge in [-0.25, -0.2) is 0 Å². The van der Waals surface area contributed by atoms with E-state index in [9.17, 15) is 0 Å². The summed E-state index contributed by atoms with van der Waals surface area (Å²) in [4.78, 5) is 0. The standard InChI is InChI=1S/C15H18BrClO/c16-12-8-11-5-6-18-15(11)13(9-12)14(17)7-10-3-1-2-4-10/h8-10,14H,1-7H2. The first-order chi connectivity index (χ1) is 8.74. The predicted octanol–water partition coefficient (Wildman–Crippen LogP) is 5.24. The van der Waals surface area contributed by atoms with E-state index in [2.05, 4.69) is 28.1 Å². The van der Waals surface area contributed by atoms with Crippen LogP contribution in [0.25, 0.3) is 0 Å². The van der Waals surface area contributed by atoms with Crippen LogP contribution in [-0.2, 0) is 6.42 Å². The van der Waals surface area contributed by atoms with Gasteiger partial charge < -0.3 is 4.74 Å². The van der Waals surface area contributed by atoms with Crippen LogP contribution < -0.4 is 4.74 Å². The van der Waals surface area contributed by atoms with Crippen LogP contribution in [0.5, 0.6) is 5.75 Å². The van der Waals surface area contributed by atoms with E-state index < -0.39 is 0 Å². The van der Waals surface area contributed by atoms with Crippen molar-refractivity contribution in [2.24, 2.45) is 5.92 Å². The maximum Gasteiger partial charge on any atom is 0.127 e. The van der Waals surface area contributed by atoms with Gasteiger partial charge in [-0.2, -0.15) is 0 Å². The summed E-state index contributed by atoms with van der Waals surface area (Å²) in [5, 5.41) is 0.0949. The Hall–Kier alpha value is -0.210. The number of rotatable bonds is 3. The molecule has 1 unspecified atom stereocenters. The molecular formula is C15H18BrClO. The van der Waals surface area contributed by atoms with E-state index in [-0.39, 0.29) is 5.38 Å². The molecule has 0 aromatic heterocycles. The highest BCUT2D eigenvalue weighted by Crippen LogP contribution is 2.43. The van der Waals surface area contributed by atoms with Crippen molar-refractivity contribution < 1.29 is 4.74 Å². The van der Waals surface area contributed by atoms with Gasteiger partial charge in [0, 0.05) is 16.5 Å². The number of alkyl halides is 1. The molecule has 18 heavy (non-hydrogen) atoms. The molecule has 1 saturated carbocycles. The first-order valence-electron chi connectivity index (χ1n) is 6.83. The molecule has 98 valence electrons. The lowest BCUT2D eigenvalue weighted by Gasteiger charge is -2.17. The van der Waals surface area contributed by atoms with Crippen molar-refractivity contribution >= 4 is 27.5 Å². The number of halogens is 2. The predicted molar refractivity (Wildman–Crippen MR) is 78.5 cm³/mol. The Morgan fingerprint density at radius 3 is 2.89 bits per heavy atom. The maximum atomic E-state index is 6.64. The van der Waals surface area contributed by atoms with E-state index in [1.165, 1.54) is 36.8 Å². The normalized spacial score (nSPS) is 20.8. The van der Waals surface area contributed by atoms with Crippen LogP contribution in [-0.4, -0.2) is 6.61 Å². The van der Waals surface area contributed by atoms with Crippen molar-refractivity contribution in [2.45, 2.75) is 43.9 Å². The molecule has 0 saturated heterocycles. The van der Waals surface area contributed by atoms with Crippen LogP contribution >= 0.6 is 27.5 Å². The SMILES string of the molecule is ClC(CC1CCCC1)c1cc(Br)cc2c1OCC2. The molecule has 1 aliphatic heterocycles. The highest BCUT2D eigenvalue weighted by molar-refractivity contribution is 9.10. The third-order valence-corrected chi connectivity index (χ3v) is 5.00. The lowest BCUT2D eigenvalue weighted by Crippen LogP contribution is -2.02. The first-order valence-corrected chi connectivity index (χ1v) is 8.06. The molecule has 1 aromatic carbocycles. The Kier molecular flexibility index (Phi) is 3.86. The van der Waals surface area contributed by atoms with Crippen molar-refractivity contribution in [3.05, 3.63) is 27.7 Å². The zero-order chi connectivity index (χ0) is 12.5. The molecule has 0 spiro atoms. The fraction of sp³-hybridized carbons (Fsp3) is 0.600. The van der Waals surface area contributed by atoms with E-state index in [0.29, 0.717) is 0 Å². The second kappa shape index (κ2) is 5.42. The third-order valence-electron chi connectivity index (χ3n) is 4.13. The van der Waals surface area contributed by atoms with Gasteiger partial charge in [-0.3, -0.25) is 0 Å². The molecule has 3 heteroatoms. The Balaban J connectivity index is 1.82. The highest BCUT2D eigenvalue weighted by Gasteiger charge is 2.25. The third kappa shape index (κ3) is 2.55. The molecule has 1 fully saturated rings. The molecule has 1 nitrogen and oxygen atoms in total. The van der Waals surface area contributed by atoms with Crippen molar-refractivity contribution in [3.8, 4) is 5.75 Å². The van der Waals surface area contributed by atoms with E-state index in [1.54, 1.807) is 0 Å². The van der Waals surface area contributed by atoms with Gasteiger partial charge >= 0.3 is 0 Å². The fourth-order valence-electron chi connectivity index (χ4n) is 3.20. The van der Waals surface area contributed by atoms with Gasteiger partial charge in [0.1, 0.15) is 5.75 Å². The van der Waals surface area contributed by atoms with Gasteiger partial charge in [0.25, 0.3) is 0 Å². The average Bonchev–Trinajstić information content (AvgIpc) is 2.97. The number of hydrogen-bond donors (Lipinski definition) is 0. The van der Waals surface area contributed by atoms with Crippen LogP contribution in [0, 0.1) is 5.92 Å². The topological polar surface area (TPSA) is 9.23 Å². The van der Waals surface area contributed by atoms with E-state index in [4.69, 9.17) is 16.3 Å². The van der Waals surface area contributed by atoms with Crippen LogP contribution in [0.2, 0.25) is 0 Å². The van der Waals surface area contributed by atoms with Crippen LogP contribution in [0.15, 0.2) is 16.6 Å². The highest BCUT2D eigenvalue weighted by atomic mass is 79.9. The van der Waals surface area contributed by atoms with Gasteiger partial charge in [-0.1, -0.05) is 41.6 Å². The molecule has 3 rings (SSSR count). The lowest BCUT2D eigenvalue weighted by atomic mass is 9.96. The smallest absolute Gasteiger partial charge is 0.127 e. The zero-order valence-electron chi connectivity index (χ0n) is 10.4. The van der Waals surface area contributed by atoms with Crippen LogP contribution in [0.3, 0.4) is 0 Å². The minimum Gasteiger partial charge on any atom is -0.493 e. The second-order valence-corrected chi connectivity index (χ2v) is 6.88. The molecule has 0 bridgehead atoms. The molecule has 0 radical (unpaired) electrons. The molecule has 0 amide bonds. The second-order valence-electron chi connectivity index (χ2n) is 5.44. The van der Waals surface area contributed by atoms with Gasteiger partial charge in [0.15, 0.2) is 0 Å². The van der Waals surface area contributed by atoms with Gasteiger partial charge in [-0.15, -0.1) is 11.6 Å². The summed E-state index contributed by atoms with van der Waals surface area (Å²) in [5.41, 5.74) is 2.49. The van der Waals surface area contributed by atoms with Gasteiger partial charge in [0.2, 0.25) is 0 Å². The number of ether oxygens (including phenoxy) is 1. The Morgan fingerprint density at radius 1 is 1.33 bits per heavy atom.